The molecule has 0 saturated heterocycles. The Balaban J connectivity index is -0.0000000200. The van der Waals surface area contributed by atoms with Gasteiger partial charge in [0.05, 0.1) is 0 Å². The van der Waals surface area contributed by atoms with Crippen LogP contribution in [-0.2, 0) is 12.6 Å². The van der Waals surface area contributed by atoms with Gasteiger partial charge in [-0.2, -0.15) is 0 Å². The number of thiocyanates is 1. The molecule has 0 aliphatic carbocycles. The van der Waals surface area contributed by atoms with Gasteiger partial charge in [0.25, 0.3) is 0 Å². The molecule has 0 radical (unpaired) electrons. The fraction of sp³-hybridized carbons (Fsp3) is 0. The number of nitriles is 1. The third-order valence-electron chi connectivity index (χ3n) is 0. The molecule has 0 aliphatic heterocycles. The Morgan fingerprint density at radius 3 is 1.60 bits per heavy atom. The second-order valence-electron chi connectivity index (χ2n) is 0.0913. The summed E-state index contributed by atoms with van der Waals surface area (Å²) in [6.07, 6.45) is 0. The maximum absolute atomic E-state index is 7.13. The molecule has 0 amide bonds. The van der Waals surface area contributed by atoms with Crippen LogP contribution in [-0.4, -0.2) is 51.4 Å². The van der Waals surface area contributed by atoms with Crippen molar-refractivity contribution in [3.05, 3.63) is 0 Å². The number of rotatable bonds is 0. The summed E-state index contributed by atoms with van der Waals surface area (Å²) >= 11 is 3.70. The van der Waals surface area contributed by atoms with E-state index in [2.05, 4.69) is 12.6 Å². The van der Waals surface area contributed by atoms with Crippen molar-refractivity contribution in [3.8, 4) is 5.40 Å². The molecule has 0 atom stereocenters. The first kappa shape index (κ1) is 15.7. The molecule has 0 aromatic heterocycles. The minimum absolute atomic E-state index is 0. The topological polar surface area (TPSA) is 23.8 Å². The molecule has 0 N–H and O–H groups in total. The average molecular weight is 137 g/mol. The third-order valence-corrected chi connectivity index (χ3v) is 0. The van der Waals surface area contributed by atoms with Crippen LogP contribution in [0.1, 0.15) is 0 Å². The van der Waals surface area contributed by atoms with Crippen LogP contribution in [0.3, 0.4) is 0 Å². The van der Waals surface area contributed by atoms with Crippen LogP contribution in [0.5, 0.6) is 0 Å². The first-order valence-electron chi connectivity index (χ1n) is 0.428. The number of nitrogens with zero attached hydrogens (tertiary/aromatic N) is 1. The van der Waals surface area contributed by atoms with Gasteiger partial charge in [0.1, 0.15) is 0 Å². The van der Waals surface area contributed by atoms with Crippen molar-refractivity contribution in [1.82, 2.24) is 0 Å². The Morgan fingerprint density at radius 1 is 1.60 bits per heavy atom. The van der Waals surface area contributed by atoms with Gasteiger partial charge >= 0.3 is 103 Å². The van der Waals surface area contributed by atoms with Crippen molar-refractivity contribution in [2.24, 2.45) is 0 Å². The summed E-state index contributed by atoms with van der Waals surface area (Å²) in [6.45, 7) is 0. The fourth-order valence-electron chi connectivity index (χ4n) is 0. The Morgan fingerprint density at radius 2 is 1.60 bits per heavy atom. The van der Waals surface area contributed by atoms with E-state index >= 15 is 0 Å². The second kappa shape index (κ2) is 15.8. The first-order chi connectivity index (χ1) is 1.41. The molecule has 0 unspecified atom stereocenters. The molecule has 5 heavy (non-hydrogen) atoms. The summed E-state index contributed by atoms with van der Waals surface area (Å²) in [5, 5.41) is 8.47. The predicted molar refractivity (Wildman–Crippen MR) is 20.1 cm³/mol. The second-order valence-corrected chi connectivity index (χ2v) is 0.274. The fourth-order valence-corrected chi connectivity index (χ4v) is 0. The summed E-state index contributed by atoms with van der Waals surface area (Å²) in [6, 6.07) is 0. The molecular formula is CHK2NS. The Hall–Kier alpha value is 2.98. The summed E-state index contributed by atoms with van der Waals surface area (Å²) in [7, 11) is 0. The monoisotopic (exact) mass is 137 g/mol. The number of hydrogen-bond donors (Lipinski definition) is 0. The molecule has 4 heteroatoms. The van der Waals surface area contributed by atoms with Gasteiger partial charge in [-0.15, -0.1) is 0 Å². The Bertz CT molecular complexity index is 31.1. The molecule has 0 rings (SSSR count). The van der Waals surface area contributed by atoms with Crippen LogP contribution >= 0.6 is 0 Å². The van der Waals surface area contributed by atoms with Crippen LogP contribution in [0, 0.1) is 10.7 Å². The van der Waals surface area contributed by atoms with Gasteiger partial charge in [0, 0.05) is 0 Å². The number of hydrogen-bond acceptors (Lipinski definition) is 2. The van der Waals surface area contributed by atoms with Gasteiger partial charge in [-0.05, 0) is 0 Å². The van der Waals surface area contributed by atoms with E-state index in [4.69, 9.17) is 5.26 Å². The molecule has 0 spiro atoms. The Labute approximate surface area is 122 Å². The zero-order valence-electron chi connectivity index (χ0n) is 2.36. The van der Waals surface area contributed by atoms with Crippen LogP contribution in [0.4, 0.5) is 0 Å². The molecule has 0 heterocycles. The maximum atomic E-state index is 7.13. The average Bonchev–Trinajstić information content (AvgIpc) is 0.918. The van der Waals surface area contributed by atoms with Crippen molar-refractivity contribution >= 4 is 64.0 Å². The third kappa shape index (κ3) is 19.5. The molecule has 1 nitrogen and oxygen atoms in total. The van der Waals surface area contributed by atoms with E-state index in [-0.39, 0.29) is 103 Å². The zero-order chi connectivity index (χ0) is 2.71. The van der Waals surface area contributed by atoms with E-state index in [1.807, 2.05) is 0 Å². The normalized spacial score (nSPS) is 1.40. The first-order valence-corrected chi connectivity index (χ1v) is 0.836. The molecule has 18 valence electrons. The predicted octanol–water partition coefficient (Wildman–Crippen LogP) is -3.63. The molecule has 0 aliphatic rings. The van der Waals surface area contributed by atoms with Crippen molar-refractivity contribution < 1.29 is 51.4 Å². The van der Waals surface area contributed by atoms with E-state index in [9.17, 15) is 0 Å². The quantitative estimate of drug-likeness (QED) is 0.195. The zero-order valence-corrected chi connectivity index (χ0v) is 6.30. The van der Waals surface area contributed by atoms with E-state index in [0.29, 0.717) is 0 Å². The molecule has 0 fully saturated rings. The van der Waals surface area contributed by atoms with Gasteiger partial charge in [-0.3, -0.25) is 0 Å². The van der Waals surface area contributed by atoms with Crippen molar-refractivity contribution in [3.63, 3.8) is 0 Å². The van der Waals surface area contributed by atoms with Crippen LogP contribution in [0.15, 0.2) is 0 Å². The summed E-state index contributed by atoms with van der Waals surface area (Å²) in [5.41, 5.74) is 0. The summed E-state index contributed by atoms with van der Waals surface area (Å²) in [5.74, 6) is 0. The van der Waals surface area contributed by atoms with Gasteiger partial charge in [-0.25, -0.2) is 5.26 Å². The SMILES string of the molecule is N#C[S-].[K+].[KH]. The molecule has 0 aromatic carbocycles. The Kier molecular flexibility index (Phi) is 49.4. The molecule has 0 aromatic rings. The van der Waals surface area contributed by atoms with E-state index < -0.39 is 0 Å². The summed E-state index contributed by atoms with van der Waals surface area (Å²) < 4.78 is 0. The van der Waals surface area contributed by atoms with Crippen molar-refractivity contribution in [2.45, 2.75) is 0 Å². The molecular weight excluding hydrogens is 136 g/mol. The van der Waals surface area contributed by atoms with Gasteiger partial charge in [-0.1, -0.05) is 5.40 Å². The van der Waals surface area contributed by atoms with Gasteiger partial charge in [0.15, 0.2) is 0 Å². The van der Waals surface area contributed by atoms with Crippen LogP contribution in [0.2, 0.25) is 0 Å². The van der Waals surface area contributed by atoms with Crippen LogP contribution < -0.4 is 51.4 Å². The van der Waals surface area contributed by atoms with E-state index in [1.54, 1.807) is 0 Å². The van der Waals surface area contributed by atoms with Crippen molar-refractivity contribution in [1.29, 1.82) is 5.26 Å². The molecule has 0 saturated carbocycles. The van der Waals surface area contributed by atoms with Gasteiger partial charge < -0.3 is 12.6 Å². The minimum atomic E-state index is 0. The van der Waals surface area contributed by atoms with E-state index in [0.717, 1.165) is 0 Å². The van der Waals surface area contributed by atoms with Gasteiger partial charge in [0.2, 0.25) is 0 Å². The standard InChI is InChI=1S/CHNS.2K.H/c2-1-3;;;/h3H;;;/q;;+1;/p-1. The molecule has 0 bridgehead atoms. The summed E-state index contributed by atoms with van der Waals surface area (Å²) in [4.78, 5) is 0. The van der Waals surface area contributed by atoms with E-state index in [1.165, 1.54) is 5.40 Å². The van der Waals surface area contributed by atoms with Crippen molar-refractivity contribution in [2.75, 3.05) is 0 Å². The van der Waals surface area contributed by atoms with Crippen LogP contribution in [0.25, 0.3) is 0 Å².